The Kier molecular flexibility index (Phi) is 5.65. The molecule has 0 aliphatic heterocycles. The monoisotopic (exact) mass is 450 g/mol. The number of rotatable bonds is 5. The molecule has 30 heavy (non-hydrogen) atoms. The number of azo groups is 1. The first-order valence-corrected chi connectivity index (χ1v) is 11.4. The van der Waals surface area contributed by atoms with Crippen LogP contribution in [0.3, 0.4) is 0 Å². The van der Waals surface area contributed by atoms with Crippen LogP contribution in [0, 0.1) is 13.8 Å². The molecule has 0 radical (unpaired) electrons. The molecule has 0 heterocycles. The van der Waals surface area contributed by atoms with Gasteiger partial charge in [0.1, 0.15) is 5.75 Å². The van der Waals surface area contributed by atoms with Gasteiger partial charge in [-0.1, -0.05) is 12.1 Å². The van der Waals surface area contributed by atoms with Crippen molar-refractivity contribution in [2.45, 2.75) is 23.6 Å². The van der Waals surface area contributed by atoms with Crippen LogP contribution in [-0.4, -0.2) is 33.1 Å². The summed E-state index contributed by atoms with van der Waals surface area (Å²) in [6, 6.07) is 9.29. The van der Waals surface area contributed by atoms with Crippen molar-refractivity contribution in [2.75, 3.05) is 7.11 Å². The van der Waals surface area contributed by atoms with Gasteiger partial charge in [-0.3, -0.25) is 9.11 Å². The van der Waals surface area contributed by atoms with Gasteiger partial charge in [0.25, 0.3) is 20.2 Å². The minimum absolute atomic E-state index is 0.00966. The molecule has 9 nitrogen and oxygen atoms in total. The van der Waals surface area contributed by atoms with Crippen LogP contribution in [-0.2, 0) is 20.2 Å². The quantitative estimate of drug-likeness (QED) is 0.434. The van der Waals surface area contributed by atoms with Gasteiger partial charge >= 0.3 is 0 Å². The van der Waals surface area contributed by atoms with Crippen LogP contribution in [0.1, 0.15) is 11.1 Å². The minimum atomic E-state index is -4.55. The lowest BCUT2D eigenvalue weighted by molar-refractivity contribution is 0.411. The van der Waals surface area contributed by atoms with Gasteiger partial charge in [0.05, 0.1) is 28.3 Å². The van der Waals surface area contributed by atoms with Crippen molar-refractivity contribution in [1.29, 1.82) is 0 Å². The van der Waals surface area contributed by atoms with E-state index in [4.69, 9.17) is 4.74 Å². The van der Waals surface area contributed by atoms with E-state index in [0.29, 0.717) is 11.4 Å². The smallest absolute Gasteiger partial charge is 0.294 e. The van der Waals surface area contributed by atoms with E-state index in [1.807, 2.05) is 19.9 Å². The topological polar surface area (TPSA) is 143 Å². The standard InChI is InChI=1S/C19H18N2O7S2/c1-11-6-12(2)19(28-3)10-17(11)20-21-18-9-15(30(25,26)27)7-13-4-5-14(8-16(13)18)29(22,23)24/h4-10H,1-3H3,(H,22,23,24)(H,25,26,27). The molecule has 3 aromatic carbocycles. The van der Waals surface area contributed by atoms with E-state index in [1.165, 1.54) is 13.2 Å². The van der Waals surface area contributed by atoms with E-state index < -0.39 is 25.1 Å². The van der Waals surface area contributed by atoms with Crippen LogP contribution in [0.15, 0.2) is 62.5 Å². The number of hydrogen-bond donors (Lipinski definition) is 2. The SMILES string of the molecule is COc1cc(N=Nc2cc(S(=O)(=O)O)cc3ccc(S(=O)(=O)O)cc23)c(C)cc1C. The van der Waals surface area contributed by atoms with Gasteiger partial charge in [-0.15, -0.1) is 5.11 Å². The molecule has 3 rings (SSSR count). The van der Waals surface area contributed by atoms with Crippen molar-refractivity contribution < 1.29 is 30.7 Å². The number of ether oxygens (including phenoxy) is 1. The molecule has 0 unspecified atom stereocenters. The van der Waals surface area contributed by atoms with E-state index in [9.17, 15) is 25.9 Å². The van der Waals surface area contributed by atoms with Crippen molar-refractivity contribution in [3.63, 3.8) is 0 Å². The van der Waals surface area contributed by atoms with Gasteiger partial charge in [0.15, 0.2) is 0 Å². The molecule has 0 fully saturated rings. The molecule has 0 aromatic heterocycles. The molecule has 0 aliphatic rings. The van der Waals surface area contributed by atoms with Crippen molar-refractivity contribution in [1.82, 2.24) is 0 Å². The first-order valence-electron chi connectivity index (χ1n) is 8.50. The highest BCUT2D eigenvalue weighted by molar-refractivity contribution is 7.86. The molecular formula is C19H18N2O7S2. The molecule has 0 saturated heterocycles. The third-order valence-corrected chi connectivity index (χ3v) is 6.13. The highest BCUT2D eigenvalue weighted by Gasteiger charge is 2.17. The highest BCUT2D eigenvalue weighted by Crippen LogP contribution is 2.34. The second-order valence-electron chi connectivity index (χ2n) is 6.58. The third kappa shape index (κ3) is 4.49. The Morgan fingerprint density at radius 3 is 2.00 bits per heavy atom. The van der Waals surface area contributed by atoms with Gasteiger partial charge < -0.3 is 4.74 Å². The van der Waals surface area contributed by atoms with Gasteiger partial charge in [-0.25, -0.2) is 0 Å². The molecule has 0 aliphatic carbocycles. The van der Waals surface area contributed by atoms with Gasteiger partial charge in [0.2, 0.25) is 0 Å². The van der Waals surface area contributed by atoms with E-state index in [2.05, 4.69) is 10.2 Å². The lowest BCUT2D eigenvalue weighted by Gasteiger charge is -2.09. The molecule has 2 N–H and O–H groups in total. The lowest BCUT2D eigenvalue weighted by Crippen LogP contribution is -1.99. The fraction of sp³-hybridized carbons (Fsp3) is 0.158. The maximum atomic E-state index is 11.6. The average molecular weight is 450 g/mol. The van der Waals surface area contributed by atoms with Gasteiger partial charge in [-0.2, -0.15) is 21.9 Å². The normalized spacial score (nSPS) is 12.6. The zero-order chi connectivity index (χ0) is 22.3. The van der Waals surface area contributed by atoms with Crippen molar-refractivity contribution in [3.8, 4) is 5.75 Å². The molecule has 0 spiro atoms. The molecular weight excluding hydrogens is 432 g/mol. The highest BCUT2D eigenvalue weighted by atomic mass is 32.2. The summed E-state index contributed by atoms with van der Waals surface area (Å²) in [4.78, 5) is -0.819. The van der Waals surface area contributed by atoms with E-state index in [-0.39, 0.29) is 21.4 Å². The van der Waals surface area contributed by atoms with Crippen LogP contribution in [0.2, 0.25) is 0 Å². The Morgan fingerprint density at radius 1 is 0.767 bits per heavy atom. The third-order valence-electron chi connectivity index (χ3n) is 4.45. The number of hydrogen-bond acceptors (Lipinski definition) is 7. The summed E-state index contributed by atoms with van der Waals surface area (Å²) in [5.74, 6) is 0.583. The van der Waals surface area contributed by atoms with Crippen molar-refractivity contribution in [3.05, 3.63) is 53.6 Å². The first-order chi connectivity index (χ1) is 13.9. The van der Waals surface area contributed by atoms with Crippen molar-refractivity contribution in [2.24, 2.45) is 10.2 Å². The predicted molar refractivity (Wildman–Crippen MR) is 110 cm³/mol. The summed E-state index contributed by atoms with van der Waals surface area (Å²) in [6.45, 7) is 3.68. The Labute approximate surface area is 173 Å². The molecule has 0 bridgehead atoms. The Morgan fingerprint density at radius 2 is 1.40 bits per heavy atom. The lowest BCUT2D eigenvalue weighted by atomic mass is 10.1. The van der Waals surface area contributed by atoms with Crippen LogP contribution < -0.4 is 4.74 Å². The predicted octanol–water partition coefficient (Wildman–Crippen LogP) is 4.37. The Hall–Kier alpha value is -2.86. The molecule has 0 saturated carbocycles. The van der Waals surface area contributed by atoms with Gasteiger partial charge in [0, 0.05) is 11.5 Å². The molecule has 0 amide bonds. The summed E-state index contributed by atoms with van der Waals surface area (Å²) in [5, 5.41) is 8.74. The van der Waals surface area contributed by atoms with Crippen molar-refractivity contribution >= 4 is 42.4 Å². The van der Waals surface area contributed by atoms with Crippen LogP contribution in [0.5, 0.6) is 5.75 Å². The zero-order valence-corrected chi connectivity index (χ0v) is 17.8. The molecule has 158 valence electrons. The summed E-state index contributed by atoms with van der Waals surface area (Å²) >= 11 is 0. The maximum Gasteiger partial charge on any atom is 0.294 e. The number of benzene rings is 3. The molecule has 3 aromatic rings. The van der Waals surface area contributed by atoms with Crippen LogP contribution >= 0.6 is 0 Å². The number of fused-ring (bicyclic) bond motifs is 1. The summed E-state index contributed by atoms with van der Waals surface area (Å²) in [5.41, 5.74) is 2.12. The van der Waals surface area contributed by atoms with E-state index in [0.717, 1.165) is 35.4 Å². The Bertz CT molecular complexity index is 1400. The second-order valence-corrected chi connectivity index (χ2v) is 9.43. The minimum Gasteiger partial charge on any atom is -0.496 e. The largest absolute Gasteiger partial charge is 0.496 e. The first kappa shape index (κ1) is 21.8. The van der Waals surface area contributed by atoms with Crippen LogP contribution in [0.4, 0.5) is 11.4 Å². The molecule has 0 atom stereocenters. The summed E-state index contributed by atoms with van der Waals surface area (Å²) in [6.07, 6.45) is 0. The van der Waals surface area contributed by atoms with Gasteiger partial charge in [-0.05, 0) is 54.6 Å². The number of aryl methyl sites for hydroxylation is 2. The molecule has 11 heteroatoms. The second kappa shape index (κ2) is 7.76. The van der Waals surface area contributed by atoms with Crippen LogP contribution in [0.25, 0.3) is 10.8 Å². The Balaban J connectivity index is 2.26. The summed E-state index contributed by atoms with van der Waals surface area (Å²) < 4.78 is 70.3. The fourth-order valence-corrected chi connectivity index (χ4v) is 3.98. The van der Waals surface area contributed by atoms with E-state index >= 15 is 0 Å². The summed E-state index contributed by atoms with van der Waals surface area (Å²) in [7, 11) is -7.53. The zero-order valence-electron chi connectivity index (χ0n) is 16.2. The number of nitrogens with zero attached hydrogens (tertiary/aromatic N) is 2. The van der Waals surface area contributed by atoms with E-state index in [1.54, 1.807) is 6.07 Å². The maximum absolute atomic E-state index is 11.6. The fourth-order valence-electron chi connectivity index (χ4n) is 2.94. The number of methoxy groups -OCH3 is 1. The average Bonchev–Trinajstić information content (AvgIpc) is 2.65.